The number of aryl methyl sites for hydroxylation is 2. The van der Waals surface area contributed by atoms with E-state index in [1.54, 1.807) is 6.07 Å². The molecule has 1 unspecified atom stereocenters. The molecule has 1 aromatic heterocycles. The molecule has 2 heterocycles. The first kappa shape index (κ1) is 22.7. The quantitative estimate of drug-likeness (QED) is 0.552. The van der Waals surface area contributed by atoms with E-state index in [-0.39, 0.29) is 17.8 Å². The van der Waals surface area contributed by atoms with E-state index >= 15 is 0 Å². The summed E-state index contributed by atoms with van der Waals surface area (Å²) in [4.78, 5) is 23.8. The zero-order valence-electron chi connectivity index (χ0n) is 18.8. The molecule has 0 radical (unpaired) electrons. The van der Waals surface area contributed by atoms with E-state index in [0.29, 0.717) is 29.7 Å². The molecule has 0 aliphatic carbocycles. The number of primary amides is 1. The van der Waals surface area contributed by atoms with Gasteiger partial charge in [-0.1, -0.05) is 24.3 Å². The normalized spacial score (nSPS) is 15.4. The van der Waals surface area contributed by atoms with Gasteiger partial charge in [-0.3, -0.25) is 9.59 Å². The maximum absolute atomic E-state index is 12.6. The van der Waals surface area contributed by atoms with E-state index in [4.69, 9.17) is 20.3 Å². The molecule has 1 aliphatic rings. The highest BCUT2D eigenvalue weighted by Crippen LogP contribution is 2.45. The molecular formula is C24H26N4O4S. The maximum Gasteiger partial charge on any atom is 0.255 e. The van der Waals surface area contributed by atoms with E-state index in [1.165, 1.54) is 11.8 Å². The first-order chi connectivity index (χ1) is 15.9. The Balaban J connectivity index is 1.80. The van der Waals surface area contributed by atoms with Crippen molar-refractivity contribution in [1.82, 2.24) is 9.78 Å². The fourth-order valence-corrected chi connectivity index (χ4v) is 5.02. The Hall–Kier alpha value is -3.46. The van der Waals surface area contributed by atoms with Gasteiger partial charge < -0.3 is 20.5 Å². The summed E-state index contributed by atoms with van der Waals surface area (Å²) in [5, 5.41) is 7.68. The molecule has 0 saturated heterocycles. The number of hydrogen-bond donors (Lipinski definition) is 2. The van der Waals surface area contributed by atoms with Crippen LogP contribution in [0.15, 0.2) is 42.5 Å². The molecule has 33 heavy (non-hydrogen) atoms. The molecule has 4 rings (SSSR count). The third-order valence-corrected chi connectivity index (χ3v) is 6.56. The summed E-state index contributed by atoms with van der Waals surface area (Å²) >= 11 is 1.53. The number of rotatable bonds is 7. The average molecular weight is 467 g/mol. The zero-order valence-corrected chi connectivity index (χ0v) is 19.6. The molecule has 0 fully saturated rings. The summed E-state index contributed by atoms with van der Waals surface area (Å²) < 4.78 is 13.1. The van der Waals surface area contributed by atoms with Crippen molar-refractivity contribution in [3.8, 4) is 17.2 Å². The number of ether oxygens (including phenoxy) is 2. The molecule has 172 valence electrons. The van der Waals surface area contributed by atoms with Gasteiger partial charge in [-0.05, 0) is 50.1 Å². The Bertz CT molecular complexity index is 1210. The van der Waals surface area contributed by atoms with Crippen LogP contribution in [0.5, 0.6) is 11.5 Å². The maximum atomic E-state index is 12.6. The van der Waals surface area contributed by atoms with E-state index in [2.05, 4.69) is 5.32 Å². The third kappa shape index (κ3) is 4.68. The topological polar surface area (TPSA) is 108 Å². The van der Waals surface area contributed by atoms with Gasteiger partial charge in [0.2, 0.25) is 5.91 Å². The van der Waals surface area contributed by atoms with Crippen LogP contribution >= 0.6 is 11.8 Å². The summed E-state index contributed by atoms with van der Waals surface area (Å²) in [6, 6.07) is 13.5. The number of thioether (sulfide) groups is 1. The lowest BCUT2D eigenvalue weighted by atomic mass is 10.0. The average Bonchev–Trinajstić information content (AvgIpc) is 2.98. The first-order valence-corrected chi connectivity index (χ1v) is 11.7. The van der Waals surface area contributed by atoms with Crippen LogP contribution in [0.4, 0.5) is 5.82 Å². The van der Waals surface area contributed by atoms with Gasteiger partial charge in [0.15, 0.2) is 18.1 Å². The van der Waals surface area contributed by atoms with Crippen LogP contribution in [0, 0.1) is 13.8 Å². The second kappa shape index (κ2) is 9.58. The highest BCUT2D eigenvalue weighted by atomic mass is 32.2. The number of carbonyl (C=O) groups excluding carboxylic acids is 2. The monoisotopic (exact) mass is 466 g/mol. The molecule has 2 amide bonds. The van der Waals surface area contributed by atoms with E-state index in [0.717, 1.165) is 28.1 Å². The van der Waals surface area contributed by atoms with E-state index < -0.39 is 5.91 Å². The highest BCUT2D eigenvalue weighted by molar-refractivity contribution is 8.00. The van der Waals surface area contributed by atoms with Crippen LogP contribution in [0.1, 0.15) is 34.6 Å². The molecule has 3 N–H and O–H groups in total. The van der Waals surface area contributed by atoms with E-state index in [1.807, 2.05) is 61.9 Å². The molecule has 3 aromatic rings. The molecule has 0 spiro atoms. The smallest absolute Gasteiger partial charge is 0.255 e. The Labute approximate surface area is 196 Å². The van der Waals surface area contributed by atoms with Crippen LogP contribution in [0.25, 0.3) is 5.69 Å². The number of aromatic nitrogens is 2. The third-order valence-electron chi connectivity index (χ3n) is 5.29. The zero-order chi connectivity index (χ0) is 23.5. The number of nitrogens with one attached hydrogen (secondary N) is 1. The Morgan fingerprint density at radius 1 is 1.21 bits per heavy atom. The summed E-state index contributed by atoms with van der Waals surface area (Å²) in [6.07, 6.45) is 0. The predicted octanol–water partition coefficient (Wildman–Crippen LogP) is 3.53. The molecule has 8 nitrogen and oxygen atoms in total. The summed E-state index contributed by atoms with van der Waals surface area (Å²) in [5.41, 5.74) is 9.91. The molecule has 1 atom stereocenters. The van der Waals surface area contributed by atoms with Crippen molar-refractivity contribution in [3.63, 3.8) is 0 Å². The summed E-state index contributed by atoms with van der Waals surface area (Å²) in [7, 11) is 0. The molecule has 2 aromatic carbocycles. The lowest BCUT2D eigenvalue weighted by Crippen LogP contribution is -2.20. The highest BCUT2D eigenvalue weighted by Gasteiger charge is 2.31. The summed E-state index contributed by atoms with van der Waals surface area (Å²) in [5.74, 6) is 1.30. The number of para-hydroxylation sites is 1. The number of carbonyl (C=O) groups is 2. The molecule has 9 heteroatoms. The number of nitrogens with zero attached hydrogens (tertiary/aromatic N) is 2. The second-order valence-corrected chi connectivity index (χ2v) is 8.77. The Morgan fingerprint density at radius 3 is 2.73 bits per heavy atom. The number of benzene rings is 2. The molecule has 0 saturated carbocycles. The second-order valence-electron chi connectivity index (χ2n) is 7.68. The minimum absolute atomic E-state index is 0.0788. The first-order valence-electron chi connectivity index (χ1n) is 10.6. The van der Waals surface area contributed by atoms with Crippen molar-refractivity contribution in [3.05, 3.63) is 64.8 Å². The van der Waals surface area contributed by atoms with Gasteiger partial charge in [-0.15, -0.1) is 11.8 Å². The Kier molecular flexibility index (Phi) is 6.60. The number of fused-ring (bicyclic) bond motifs is 1. The van der Waals surface area contributed by atoms with Crippen molar-refractivity contribution in [2.75, 3.05) is 24.3 Å². The molecule has 0 bridgehead atoms. The number of nitrogens with two attached hydrogens (primary N) is 1. The molecule has 1 aliphatic heterocycles. The van der Waals surface area contributed by atoms with Gasteiger partial charge >= 0.3 is 0 Å². The minimum atomic E-state index is -0.561. The van der Waals surface area contributed by atoms with Gasteiger partial charge in [0.05, 0.1) is 29.0 Å². The van der Waals surface area contributed by atoms with Crippen LogP contribution < -0.4 is 20.5 Å². The van der Waals surface area contributed by atoms with Crippen LogP contribution in [0.2, 0.25) is 0 Å². The van der Waals surface area contributed by atoms with Gasteiger partial charge in [0.25, 0.3) is 5.91 Å². The van der Waals surface area contributed by atoms with Gasteiger partial charge in [0.1, 0.15) is 5.82 Å². The van der Waals surface area contributed by atoms with Crippen LogP contribution in [-0.4, -0.2) is 40.6 Å². The van der Waals surface area contributed by atoms with Crippen molar-refractivity contribution in [2.24, 2.45) is 5.73 Å². The number of anilines is 1. The minimum Gasteiger partial charge on any atom is -0.490 e. The lowest BCUT2D eigenvalue weighted by Gasteiger charge is -2.18. The lowest BCUT2D eigenvalue weighted by molar-refractivity contribution is -0.120. The van der Waals surface area contributed by atoms with Crippen molar-refractivity contribution < 1.29 is 19.1 Å². The fourth-order valence-electron chi connectivity index (χ4n) is 3.85. The summed E-state index contributed by atoms with van der Waals surface area (Å²) in [6.45, 7) is 6.04. The number of hydrogen-bond acceptors (Lipinski definition) is 6. The van der Waals surface area contributed by atoms with Gasteiger partial charge in [0, 0.05) is 5.56 Å². The van der Waals surface area contributed by atoms with Crippen molar-refractivity contribution in [1.29, 1.82) is 0 Å². The number of amides is 2. The van der Waals surface area contributed by atoms with Crippen molar-refractivity contribution in [2.45, 2.75) is 26.0 Å². The SMILES string of the molecule is CCOc1cc(C2SCC(=O)Nc3c2c(C)nn3-c2ccccc2C)ccc1OCC(N)=O. The van der Waals surface area contributed by atoms with E-state index in [9.17, 15) is 9.59 Å². The fraction of sp³-hybridized carbons (Fsp3) is 0.292. The van der Waals surface area contributed by atoms with Crippen LogP contribution in [0.3, 0.4) is 0 Å². The Morgan fingerprint density at radius 2 is 2.00 bits per heavy atom. The van der Waals surface area contributed by atoms with Crippen molar-refractivity contribution >= 4 is 29.4 Å². The standard InChI is InChI=1S/C24H26N4O4S/c1-4-31-19-11-16(9-10-18(19)32-12-20(25)29)23-22-15(3)27-28(17-8-6-5-7-14(17)2)24(22)26-21(30)13-33-23/h5-11,23H,4,12-13H2,1-3H3,(H2,25,29)(H,26,30). The molecular weight excluding hydrogens is 440 g/mol. The van der Waals surface area contributed by atoms with Gasteiger partial charge in [-0.2, -0.15) is 5.10 Å². The largest absolute Gasteiger partial charge is 0.490 e. The van der Waals surface area contributed by atoms with Gasteiger partial charge in [-0.25, -0.2) is 4.68 Å². The van der Waals surface area contributed by atoms with Crippen LogP contribution in [-0.2, 0) is 9.59 Å². The predicted molar refractivity (Wildman–Crippen MR) is 128 cm³/mol.